The van der Waals surface area contributed by atoms with E-state index in [0.29, 0.717) is 24.4 Å². The number of benzene rings is 1. The second kappa shape index (κ2) is 5.54. The molecule has 1 aromatic rings. The van der Waals surface area contributed by atoms with Crippen LogP contribution >= 0.6 is 0 Å². The molecule has 1 heterocycles. The summed E-state index contributed by atoms with van der Waals surface area (Å²) in [4.78, 5) is 16.4. The molecule has 108 valence electrons. The Hall–Kier alpha value is -1.39. The molecule has 0 radical (unpaired) electrons. The molecule has 1 aromatic carbocycles. The number of amides is 1. The van der Waals surface area contributed by atoms with Gasteiger partial charge in [-0.2, -0.15) is 0 Å². The highest BCUT2D eigenvalue weighted by Gasteiger charge is 2.41. The highest BCUT2D eigenvalue weighted by Crippen LogP contribution is 2.36. The van der Waals surface area contributed by atoms with Crippen molar-refractivity contribution in [3.8, 4) is 0 Å². The number of nitrogens with zero attached hydrogens (tertiary/aromatic N) is 2. The lowest BCUT2D eigenvalue weighted by Gasteiger charge is -2.22. The quantitative estimate of drug-likeness (QED) is 0.903. The van der Waals surface area contributed by atoms with Crippen molar-refractivity contribution in [3.63, 3.8) is 0 Å². The molecule has 0 bridgehead atoms. The number of carbonyl (C=O) groups is 1. The van der Waals surface area contributed by atoms with Gasteiger partial charge in [-0.1, -0.05) is 18.2 Å². The first-order chi connectivity index (χ1) is 9.65. The van der Waals surface area contributed by atoms with Gasteiger partial charge in [0, 0.05) is 31.9 Å². The van der Waals surface area contributed by atoms with Gasteiger partial charge in [0.1, 0.15) is 0 Å². The molecule has 1 aliphatic heterocycles. The fourth-order valence-electron chi connectivity index (χ4n) is 3.62. The van der Waals surface area contributed by atoms with E-state index < -0.39 is 0 Å². The monoisotopic (exact) mass is 273 g/mol. The summed E-state index contributed by atoms with van der Waals surface area (Å²) >= 11 is 0. The van der Waals surface area contributed by atoms with Gasteiger partial charge in [0.05, 0.1) is 6.54 Å². The topological polar surface area (TPSA) is 49.6 Å². The van der Waals surface area contributed by atoms with Gasteiger partial charge in [0.15, 0.2) is 0 Å². The second-order valence-corrected chi connectivity index (χ2v) is 6.15. The lowest BCUT2D eigenvalue weighted by Crippen LogP contribution is -2.38. The molecule has 20 heavy (non-hydrogen) atoms. The Morgan fingerprint density at radius 2 is 2.05 bits per heavy atom. The lowest BCUT2D eigenvalue weighted by molar-refractivity contribution is -0.119. The Kier molecular flexibility index (Phi) is 3.76. The fraction of sp³-hybridized carbons (Fsp3) is 0.562. The zero-order valence-corrected chi connectivity index (χ0v) is 12.0. The second-order valence-electron chi connectivity index (χ2n) is 6.15. The van der Waals surface area contributed by atoms with Crippen molar-refractivity contribution in [2.45, 2.75) is 18.9 Å². The molecule has 1 saturated heterocycles. The van der Waals surface area contributed by atoms with Crippen LogP contribution in [0.5, 0.6) is 0 Å². The first-order valence-electron chi connectivity index (χ1n) is 7.44. The number of nitrogens with two attached hydrogens (primary N) is 1. The van der Waals surface area contributed by atoms with Crippen LogP contribution < -0.4 is 10.6 Å². The predicted octanol–water partition coefficient (Wildman–Crippen LogP) is 1.32. The third-order valence-electron chi connectivity index (χ3n) is 4.86. The Bertz CT molecular complexity index is 476. The summed E-state index contributed by atoms with van der Waals surface area (Å²) in [5.41, 5.74) is 7.09. The van der Waals surface area contributed by atoms with Crippen molar-refractivity contribution >= 4 is 11.6 Å². The Morgan fingerprint density at radius 3 is 2.75 bits per heavy atom. The fourth-order valence-corrected chi connectivity index (χ4v) is 3.62. The molecular formula is C16H23N3O. The van der Waals surface area contributed by atoms with Crippen molar-refractivity contribution < 1.29 is 4.79 Å². The number of hydrogen-bond acceptors (Lipinski definition) is 3. The maximum absolute atomic E-state index is 12.4. The van der Waals surface area contributed by atoms with Gasteiger partial charge in [-0.15, -0.1) is 0 Å². The molecule has 1 aliphatic carbocycles. The minimum Gasteiger partial charge on any atom is -0.327 e. The van der Waals surface area contributed by atoms with Gasteiger partial charge in [0.2, 0.25) is 5.91 Å². The Balaban J connectivity index is 1.58. The number of anilines is 1. The van der Waals surface area contributed by atoms with Crippen LogP contribution in [0, 0.1) is 11.8 Å². The van der Waals surface area contributed by atoms with E-state index in [4.69, 9.17) is 5.73 Å². The SMILES string of the molecule is CN(C(=O)CN1CC2CCC(N)C2C1)c1ccccc1. The minimum atomic E-state index is 0.157. The molecule has 1 amide bonds. The normalized spacial score (nSPS) is 29.4. The van der Waals surface area contributed by atoms with Crippen LogP contribution in [0.25, 0.3) is 0 Å². The van der Waals surface area contributed by atoms with Crippen LogP contribution in [-0.4, -0.2) is 43.5 Å². The molecule has 3 atom stereocenters. The smallest absolute Gasteiger partial charge is 0.240 e. The molecule has 4 heteroatoms. The third kappa shape index (κ3) is 2.58. The number of likely N-dealkylation sites (tertiary alicyclic amines) is 1. The number of carbonyl (C=O) groups excluding carboxylic acids is 1. The summed E-state index contributed by atoms with van der Waals surface area (Å²) in [6.45, 7) is 2.53. The van der Waals surface area contributed by atoms with Crippen LogP contribution in [0.15, 0.2) is 30.3 Å². The predicted molar refractivity (Wildman–Crippen MR) is 80.5 cm³/mol. The van der Waals surface area contributed by atoms with Crippen molar-refractivity contribution in [1.82, 2.24) is 4.90 Å². The van der Waals surface area contributed by atoms with E-state index in [1.54, 1.807) is 4.90 Å². The van der Waals surface area contributed by atoms with E-state index >= 15 is 0 Å². The van der Waals surface area contributed by atoms with Crippen LogP contribution in [0.1, 0.15) is 12.8 Å². The number of hydrogen-bond donors (Lipinski definition) is 1. The maximum atomic E-state index is 12.4. The number of rotatable bonds is 3. The zero-order chi connectivity index (χ0) is 14.1. The molecule has 3 unspecified atom stereocenters. The van der Waals surface area contributed by atoms with Crippen LogP contribution in [-0.2, 0) is 4.79 Å². The summed E-state index contributed by atoms with van der Waals surface area (Å²) < 4.78 is 0. The standard InChI is InChI=1S/C16H23N3O/c1-18(13-5-3-2-4-6-13)16(20)11-19-9-12-7-8-15(17)14(12)10-19/h2-6,12,14-15H,7-11,17H2,1H3. The van der Waals surface area contributed by atoms with Crippen LogP contribution in [0.2, 0.25) is 0 Å². The molecule has 2 aliphatic rings. The number of para-hydroxylation sites is 1. The van der Waals surface area contributed by atoms with Gasteiger partial charge in [-0.05, 0) is 36.8 Å². The van der Waals surface area contributed by atoms with E-state index in [-0.39, 0.29) is 5.91 Å². The largest absolute Gasteiger partial charge is 0.327 e. The maximum Gasteiger partial charge on any atom is 0.240 e. The molecule has 1 saturated carbocycles. The van der Waals surface area contributed by atoms with E-state index in [2.05, 4.69) is 4.90 Å². The summed E-state index contributed by atoms with van der Waals surface area (Å²) in [6, 6.07) is 10.1. The summed E-state index contributed by atoms with van der Waals surface area (Å²) in [5, 5.41) is 0. The molecular weight excluding hydrogens is 250 g/mol. The molecule has 0 spiro atoms. The van der Waals surface area contributed by atoms with E-state index in [0.717, 1.165) is 25.2 Å². The van der Waals surface area contributed by atoms with E-state index in [9.17, 15) is 4.79 Å². The molecule has 0 aromatic heterocycles. The van der Waals surface area contributed by atoms with Crippen molar-refractivity contribution in [1.29, 1.82) is 0 Å². The lowest BCUT2D eigenvalue weighted by atomic mass is 9.98. The van der Waals surface area contributed by atoms with Crippen LogP contribution in [0.3, 0.4) is 0 Å². The van der Waals surface area contributed by atoms with Crippen molar-refractivity contribution in [2.24, 2.45) is 17.6 Å². The summed E-state index contributed by atoms with van der Waals surface area (Å²) in [6.07, 6.45) is 2.38. The number of likely N-dealkylation sites (N-methyl/N-ethyl adjacent to an activating group) is 1. The number of fused-ring (bicyclic) bond motifs is 1. The average Bonchev–Trinajstić information content (AvgIpc) is 3.01. The summed E-state index contributed by atoms with van der Waals surface area (Å²) in [5.74, 6) is 1.47. The Morgan fingerprint density at radius 1 is 1.30 bits per heavy atom. The molecule has 2 N–H and O–H groups in total. The summed E-state index contributed by atoms with van der Waals surface area (Å²) in [7, 11) is 1.85. The van der Waals surface area contributed by atoms with E-state index in [1.807, 2.05) is 37.4 Å². The first kappa shape index (κ1) is 13.6. The highest BCUT2D eigenvalue weighted by atomic mass is 16.2. The van der Waals surface area contributed by atoms with Gasteiger partial charge in [-0.3, -0.25) is 9.69 Å². The average molecular weight is 273 g/mol. The van der Waals surface area contributed by atoms with Crippen molar-refractivity contribution in [2.75, 3.05) is 31.6 Å². The molecule has 3 rings (SSSR count). The van der Waals surface area contributed by atoms with Gasteiger partial charge < -0.3 is 10.6 Å². The third-order valence-corrected chi connectivity index (χ3v) is 4.86. The van der Waals surface area contributed by atoms with Gasteiger partial charge in [-0.25, -0.2) is 0 Å². The van der Waals surface area contributed by atoms with Gasteiger partial charge in [0.25, 0.3) is 0 Å². The molecule has 2 fully saturated rings. The first-order valence-corrected chi connectivity index (χ1v) is 7.44. The highest BCUT2D eigenvalue weighted by molar-refractivity contribution is 5.94. The van der Waals surface area contributed by atoms with Crippen LogP contribution in [0.4, 0.5) is 5.69 Å². The Labute approximate surface area is 120 Å². The molecule has 4 nitrogen and oxygen atoms in total. The van der Waals surface area contributed by atoms with E-state index in [1.165, 1.54) is 6.42 Å². The zero-order valence-electron chi connectivity index (χ0n) is 12.0. The minimum absolute atomic E-state index is 0.157. The van der Waals surface area contributed by atoms with Gasteiger partial charge >= 0.3 is 0 Å². The van der Waals surface area contributed by atoms with Crippen molar-refractivity contribution in [3.05, 3.63) is 30.3 Å².